The fraction of sp³-hybridized carbons (Fsp3) is 0.143. The minimum absolute atomic E-state index is 0.138. The number of carbonyl (C=O) groups excluding carboxylic acids is 1. The van der Waals surface area contributed by atoms with Crippen LogP contribution in [0.3, 0.4) is 0 Å². The molecule has 0 saturated heterocycles. The number of carbonyl (C=O) groups is 1. The standard InChI is InChI=1S/C14H12ClN5O2/c1-7-8(2)16-14-18-13(19-20(14)12(7)22)17-11(21)9-4-3-5-10(15)6-9/h3-6H,1-2H3,(H2,16,17,18,19,21). The molecule has 1 aromatic carbocycles. The number of nitrogens with one attached hydrogen (secondary N) is 2. The third-order valence-corrected chi connectivity index (χ3v) is 3.52. The SMILES string of the molecule is Cc1nc2nc(NC(=O)c3cccc(Cl)c3)[nH]n2c(=O)c1C. The molecule has 0 spiro atoms. The zero-order valence-corrected chi connectivity index (χ0v) is 12.6. The highest BCUT2D eigenvalue weighted by Gasteiger charge is 2.13. The van der Waals surface area contributed by atoms with Crippen LogP contribution in [0.1, 0.15) is 21.6 Å². The highest BCUT2D eigenvalue weighted by molar-refractivity contribution is 6.31. The van der Waals surface area contributed by atoms with Crippen LogP contribution in [0.2, 0.25) is 5.02 Å². The van der Waals surface area contributed by atoms with Gasteiger partial charge in [-0.05, 0) is 32.0 Å². The highest BCUT2D eigenvalue weighted by Crippen LogP contribution is 2.12. The second-order valence-electron chi connectivity index (χ2n) is 4.80. The molecule has 0 saturated carbocycles. The molecule has 0 aliphatic carbocycles. The fourth-order valence-electron chi connectivity index (χ4n) is 1.97. The number of aromatic amines is 1. The van der Waals surface area contributed by atoms with Crippen molar-refractivity contribution in [3.8, 4) is 0 Å². The molecule has 0 unspecified atom stereocenters. The van der Waals surface area contributed by atoms with Crippen molar-refractivity contribution in [2.45, 2.75) is 13.8 Å². The summed E-state index contributed by atoms with van der Waals surface area (Å²) in [7, 11) is 0. The number of rotatable bonds is 2. The van der Waals surface area contributed by atoms with E-state index in [1.807, 2.05) is 0 Å². The minimum atomic E-state index is -0.386. The average Bonchev–Trinajstić information content (AvgIpc) is 2.87. The van der Waals surface area contributed by atoms with E-state index in [1.165, 1.54) is 10.6 Å². The van der Waals surface area contributed by atoms with Crippen molar-refractivity contribution in [3.63, 3.8) is 0 Å². The normalized spacial score (nSPS) is 10.9. The van der Waals surface area contributed by atoms with E-state index in [2.05, 4.69) is 20.4 Å². The first-order valence-corrected chi connectivity index (χ1v) is 6.86. The zero-order valence-electron chi connectivity index (χ0n) is 11.8. The van der Waals surface area contributed by atoms with E-state index >= 15 is 0 Å². The maximum atomic E-state index is 12.1. The Morgan fingerprint density at radius 1 is 1.32 bits per heavy atom. The lowest BCUT2D eigenvalue weighted by Gasteiger charge is -2.01. The molecular formula is C14H12ClN5O2. The van der Waals surface area contributed by atoms with Gasteiger partial charge in [0.05, 0.1) is 0 Å². The molecule has 0 atom stereocenters. The smallest absolute Gasteiger partial charge is 0.277 e. The molecule has 3 aromatic rings. The Bertz CT molecular complexity index is 944. The molecule has 2 N–H and O–H groups in total. The predicted octanol–water partition coefficient (Wildman–Crippen LogP) is 1.94. The van der Waals surface area contributed by atoms with Crippen LogP contribution in [0.15, 0.2) is 29.1 Å². The van der Waals surface area contributed by atoms with Crippen molar-refractivity contribution in [1.29, 1.82) is 0 Å². The van der Waals surface area contributed by atoms with Crippen LogP contribution >= 0.6 is 11.6 Å². The molecule has 112 valence electrons. The minimum Gasteiger partial charge on any atom is -0.291 e. The van der Waals surface area contributed by atoms with Gasteiger partial charge in [0.25, 0.3) is 17.2 Å². The van der Waals surface area contributed by atoms with Gasteiger partial charge in [-0.2, -0.15) is 9.50 Å². The lowest BCUT2D eigenvalue weighted by molar-refractivity contribution is 0.102. The van der Waals surface area contributed by atoms with E-state index in [0.717, 1.165) is 0 Å². The highest BCUT2D eigenvalue weighted by atomic mass is 35.5. The second kappa shape index (κ2) is 5.27. The van der Waals surface area contributed by atoms with Crippen molar-refractivity contribution >= 4 is 29.2 Å². The number of fused-ring (bicyclic) bond motifs is 1. The van der Waals surface area contributed by atoms with Crippen LogP contribution in [0, 0.1) is 13.8 Å². The van der Waals surface area contributed by atoms with Gasteiger partial charge in [0.15, 0.2) is 0 Å². The summed E-state index contributed by atoms with van der Waals surface area (Å²) in [4.78, 5) is 32.5. The molecular weight excluding hydrogens is 306 g/mol. The van der Waals surface area contributed by atoms with Gasteiger partial charge in [0, 0.05) is 21.8 Å². The number of nitrogens with zero attached hydrogens (tertiary/aromatic N) is 3. The Hall–Kier alpha value is -2.67. The molecule has 3 rings (SSSR count). The molecule has 2 aromatic heterocycles. The second-order valence-corrected chi connectivity index (χ2v) is 5.24. The van der Waals surface area contributed by atoms with Crippen LogP contribution in [0.25, 0.3) is 5.78 Å². The number of anilines is 1. The molecule has 7 nitrogen and oxygen atoms in total. The molecule has 0 aliphatic heterocycles. The number of H-pyrrole nitrogens is 1. The van der Waals surface area contributed by atoms with Crippen molar-refractivity contribution < 1.29 is 4.79 Å². The van der Waals surface area contributed by atoms with Crippen molar-refractivity contribution in [1.82, 2.24) is 19.6 Å². The largest absolute Gasteiger partial charge is 0.291 e. The quantitative estimate of drug-likeness (QED) is 0.755. The van der Waals surface area contributed by atoms with Gasteiger partial charge in [0.2, 0.25) is 5.95 Å². The summed E-state index contributed by atoms with van der Waals surface area (Å²) in [5.41, 5.74) is 1.26. The van der Waals surface area contributed by atoms with E-state index in [9.17, 15) is 9.59 Å². The van der Waals surface area contributed by atoms with Crippen LogP contribution in [-0.2, 0) is 0 Å². The van der Waals surface area contributed by atoms with Gasteiger partial charge in [0.1, 0.15) is 0 Å². The molecule has 0 radical (unpaired) electrons. The molecule has 0 bridgehead atoms. The van der Waals surface area contributed by atoms with Crippen LogP contribution in [0.4, 0.5) is 5.95 Å². The van der Waals surface area contributed by atoms with Crippen molar-refractivity contribution in [2.75, 3.05) is 5.32 Å². The van der Waals surface area contributed by atoms with Crippen LogP contribution in [0.5, 0.6) is 0 Å². The van der Waals surface area contributed by atoms with E-state index in [1.54, 1.807) is 32.0 Å². The number of amides is 1. The van der Waals surface area contributed by atoms with Gasteiger partial charge >= 0.3 is 0 Å². The van der Waals surface area contributed by atoms with Gasteiger partial charge in [-0.25, -0.2) is 4.98 Å². The number of aromatic nitrogens is 4. The zero-order chi connectivity index (χ0) is 15.9. The Kier molecular flexibility index (Phi) is 3.42. The maximum Gasteiger partial charge on any atom is 0.277 e. The number of halogens is 1. The van der Waals surface area contributed by atoms with E-state index in [0.29, 0.717) is 21.8 Å². The Labute approximate surface area is 130 Å². The number of hydrogen-bond acceptors (Lipinski definition) is 4. The molecule has 22 heavy (non-hydrogen) atoms. The molecule has 2 heterocycles. The summed E-state index contributed by atoms with van der Waals surface area (Å²) in [5, 5.41) is 5.75. The molecule has 8 heteroatoms. The first-order valence-electron chi connectivity index (χ1n) is 6.48. The summed E-state index contributed by atoms with van der Waals surface area (Å²) in [6.45, 7) is 3.41. The Balaban J connectivity index is 1.96. The van der Waals surface area contributed by atoms with Gasteiger partial charge in [-0.15, -0.1) is 0 Å². The molecule has 0 fully saturated rings. The van der Waals surface area contributed by atoms with Gasteiger partial charge in [-0.3, -0.25) is 20.0 Å². The lowest BCUT2D eigenvalue weighted by Crippen LogP contribution is -2.19. The number of benzene rings is 1. The summed E-state index contributed by atoms with van der Waals surface area (Å²) >= 11 is 5.85. The molecule has 1 amide bonds. The van der Waals surface area contributed by atoms with E-state index < -0.39 is 0 Å². The first-order chi connectivity index (χ1) is 10.5. The first kappa shape index (κ1) is 14.3. The average molecular weight is 318 g/mol. The topological polar surface area (TPSA) is 92.2 Å². The van der Waals surface area contributed by atoms with Gasteiger partial charge in [-0.1, -0.05) is 17.7 Å². The summed E-state index contributed by atoms with van der Waals surface area (Å²) in [5.74, 6) is -0.0443. The van der Waals surface area contributed by atoms with E-state index in [4.69, 9.17) is 11.6 Å². The van der Waals surface area contributed by atoms with Crippen LogP contribution in [-0.4, -0.2) is 25.5 Å². The molecule has 0 aliphatic rings. The fourth-order valence-corrected chi connectivity index (χ4v) is 2.16. The maximum absolute atomic E-state index is 12.1. The third kappa shape index (κ3) is 2.46. The Morgan fingerprint density at radius 2 is 2.09 bits per heavy atom. The predicted molar refractivity (Wildman–Crippen MR) is 82.5 cm³/mol. The Morgan fingerprint density at radius 3 is 2.82 bits per heavy atom. The monoisotopic (exact) mass is 317 g/mol. The number of aryl methyl sites for hydroxylation is 1. The summed E-state index contributed by atoms with van der Waals surface area (Å²) in [6.07, 6.45) is 0. The van der Waals surface area contributed by atoms with Crippen molar-refractivity contribution in [3.05, 3.63) is 56.5 Å². The summed E-state index contributed by atoms with van der Waals surface area (Å²) in [6, 6.07) is 6.52. The van der Waals surface area contributed by atoms with Gasteiger partial charge < -0.3 is 0 Å². The van der Waals surface area contributed by atoms with Crippen molar-refractivity contribution in [2.24, 2.45) is 0 Å². The number of hydrogen-bond donors (Lipinski definition) is 2. The summed E-state index contributed by atoms with van der Waals surface area (Å²) < 4.78 is 1.19. The van der Waals surface area contributed by atoms with E-state index in [-0.39, 0.29) is 23.2 Å². The third-order valence-electron chi connectivity index (χ3n) is 3.28. The van der Waals surface area contributed by atoms with Crippen LogP contribution < -0.4 is 10.9 Å². The lowest BCUT2D eigenvalue weighted by atomic mass is 10.2.